The van der Waals surface area contributed by atoms with E-state index in [1.807, 2.05) is 48.5 Å². The summed E-state index contributed by atoms with van der Waals surface area (Å²) in [6.07, 6.45) is 0. The molecule has 0 spiro atoms. The van der Waals surface area contributed by atoms with Crippen LogP contribution in [-0.4, -0.2) is 17.4 Å². The van der Waals surface area contributed by atoms with Gasteiger partial charge in [-0.1, -0.05) is 36.4 Å². The van der Waals surface area contributed by atoms with Gasteiger partial charge >= 0.3 is 0 Å². The molecule has 1 aliphatic heterocycles. The predicted molar refractivity (Wildman–Crippen MR) is 83.3 cm³/mol. The van der Waals surface area contributed by atoms with Crippen LogP contribution in [0.5, 0.6) is 0 Å². The number of rotatable bonds is 4. The molecule has 0 aromatic heterocycles. The van der Waals surface area contributed by atoms with Crippen molar-refractivity contribution >= 4 is 11.6 Å². The Morgan fingerprint density at radius 2 is 1.86 bits per heavy atom. The lowest BCUT2D eigenvalue weighted by atomic mass is 10.1. The lowest BCUT2D eigenvalue weighted by molar-refractivity contribution is -0.122. The van der Waals surface area contributed by atoms with Crippen LogP contribution in [0.15, 0.2) is 48.5 Å². The van der Waals surface area contributed by atoms with E-state index in [2.05, 4.69) is 10.2 Å². The Hall–Kier alpha value is -2.33. The van der Waals surface area contributed by atoms with Crippen LogP contribution in [0.3, 0.4) is 0 Å². The van der Waals surface area contributed by atoms with Crippen LogP contribution in [0.25, 0.3) is 0 Å². The molecule has 0 atom stereocenters. The molecule has 1 heterocycles. The summed E-state index contributed by atoms with van der Waals surface area (Å²) in [7, 11) is 0. The van der Waals surface area contributed by atoms with Gasteiger partial charge in [0.05, 0.1) is 6.54 Å². The third-order valence-corrected chi connectivity index (χ3v) is 3.72. The molecule has 1 aliphatic rings. The minimum absolute atomic E-state index is 0.0552. The molecule has 4 heteroatoms. The maximum Gasteiger partial charge on any atom is 0.234 e. The standard InChI is InChI=1S/C17H19N3O/c18-16-7-6-14-10-20(11-15(14)8-16)12-17(21)19-9-13-4-2-1-3-5-13/h1-8H,9-12,18H2,(H,19,21). The topological polar surface area (TPSA) is 58.4 Å². The third kappa shape index (κ3) is 3.41. The van der Waals surface area contributed by atoms with Gasteiger partial charge in [-0.15, -0.1) is 0 Å². The summed E-state index contributed by atoms with van der Waals surface area (Å²) in [5.74, 6) is 0.0552. The second-order valence-corrected chi connectivity index (χ2v) is 5.44. The molecule has 108 valence electrons. The Morgan fingerprint density at radius 3 is 2.67 bits per heavy atom. The number of benzene rings is 2. The minimum Gasteiger partial charge on any atom is -0.399 e. The maximum absolute atomic E-state index is 12.0. The zero-order chi connectivity index (χ0) is 14.7. The van der Waals surface area contributed by atoms with Crippen molar-refractivity contribution in [1.82, 2.24) is 10.2 Å². The lowest BCUT2D eigenvalue weighted by Crippen LogP contribution is -2.34. The van der Waals surface area contributed by atoms with E-state index in [0.717, 1.165) is 24.3 Å². The van der Waals surface area contributed by atoms with E-state index < -0.39 is 0 Å². The van der Waals surface area contributed by atoms with Crippen LogP contribution < -0.4 is 11.1 Å². The fourth-order valence-electron chi connectivity index (χ4n) is 2.65. The number of nitrogens with two attached hydrogens (primary N) is 1. The molecule has 3 rings (SSSR count). The minimum atomic E-state index is 0.0552. The summed E-state index contributed by atoms with van der Waals surface area (Å²) in [5, 5.41) is 2.96. The summed E-state index contributed by atoms with van der Waals surface area (Å²) < 4.78 is 0. The maximum atomic E-state index is 12.0. The average molecular weight is 281 g/mol. The zero-order valence-corrected chi connectivity index (χ0v) is 11.9. The van der Waals surface area contributed by atoms with Gasteiger partial charge in [-0.05, 0) is 28.8 Å². The summed E-state index contributed by atoms with van der Waals surface area (Å²) in [4.78, 5) is 14.1. The highest BCUT2D eigenvalue weighted by molar-refractivity contribution is 5.78. The number of nitrogens with zero attached hydrogens (tertiary/aromatic N) is 1. The third-order valence-electron chi connectivity index (χ3n) is 3.72. The fourth-order valence-corrected chi connectivity index (χ4v) is 2.65. The Kier molecular flexibility index (Phi) is 3.88. The second-order valence-electron chi connectivity index (χ2n) is 5.44. The molecule has 0 fully saturated rings. The molecule has 0 bridgehead atoms. The van der Waals surface area contributed by atoms with Crippen molar-refractivity contribution in [2.45, 2.75) is 19.6 Å². The molecule has 2 aromatic rings. The highest BCUT2D eigenvalue weighted by Gasteiger charge is 2.20. The SMILES string of the molecule is Nc1ccc2c(c1)CN(CC(=O)NCc1ccccc1)C2. The van der Waals surface area contributed by atoms with E-state index in [1.165, 1.54) is 11.1 Å². The van der Waals surface area contributed by atoms with E-state index in [-0.39, 0.29) is 5.91 Å². The zero-order valence-electron chi connectivity index (χ0n) is 11.9. The smallest absolute Gasteiger partial charge is 0.234 e. The summed E-state index contributed by atoms with van der Waals surface area (Å²) in [6, 6.07) is 15.9. The molecule has 2 aromatic carbocycles. The van der Waals surface area contributed by atoms with E-state index >= 15 is 0 Å². The van der Waals surface area contributed by atoms with Crippen LogP contribution in [0.1, 0.15) is 16.7 Å². The molecule has 0 saturated heterocycles. The van der Waals surface area contributed by atoms with Crippen molar-refractivity contribution in [3.05, 3.63) is 65.2 Å². The number of hydrogen-bond donors (Lipinski definition) is 2. The molecule has 1 amide bonds. The molecular formula is C17H19N3O. The van der Waals surface area contributed by atoms with Crippen molar-refractivity contribution in [3.63, 3.8) is 0 Å². The van der Waals surface area contributed by atoms with E-state index in [1.54, 1.807) is 0 Å². The number of hydrogen-bond acceptors (Lipinski definition) is 3. The molecule has 0 aliphatic carbocycles. The number of amides is 1. The largest absolute Gasteiger partial charge is 0.399 e. The second kappa shape index (κ2) is 5.97. The summed E-state index contributed by atoms with van der Waals surface area (Å²) in [6.45, 7) is 2.60. The molecule has 21 heavy (non-hydrogen) atoms. The number of carbonyl (C=O) groups excluding carboxylic acids is 1. The molecule has 0 radical (unpaired) electrons. The summed E-state index contributed by atoms with van der Waals surface area (Å²) in [5.41, 5.74) is 10.2. The Balaban J connectivity index is 1.51. The monoisotopic (exact) mass is 281 g/mol. The van der Waals surface area contributed by atoms with Crippen LogP contribution in [0, 0.1) is 0 Å². The highest BCUT2D eigenvalue weighted by Crippen LogP contribution is 2.24. The molecular weight excluding hydrogens is 262 g/mol. The van der Waals surface area contributed by atoms with Gasteiger partial charge in [-0.25, -0.2) is 0 Å². The Labute approximate surface area is 124 Å². The molecule has 3 N–H and O–H groups in total. The van der Waals surface area contributed by atoms with Gasteiger partial charge < -0.3 is 11.1 Å². The first-order chi connectivity index (χ1) is 10.2. The lowest BCUT2D eigenvalue weighted by Gasteiger charge is -2.14. The van der Waals surface area contributed by atoms with Gasteiger partial charge in [0, 0.05) is 25.3 Å². The van der Waals surface area contributed by atoms with Crippen LogP contribution in [-0.2, 0) is 24.4 Å². The number of anilines is 1. The van der Waals surface area contributed by atoms with E-state index in [0.29, 0.717) is 13.1 Å². The first-order valence-corrected chi connectivity index (χ1v) is 7.11. The fraction of sp³-hybridized carbons (Fsp3) is 0.235. The van der Waals surface area contributed by atoms with Crippen molar-refractivity contribution in [2.75, 3.05) is 12.3 Å². The van der Waals surface area contributed by atoms with E-state index in [9.17, 15) is 4.79 Å². The normalized spacial score (nSPS) is 13.9. The van der Waals surface area contributed by atoms with Crippen LogP contribution >= 0.6 is 0 Å². The first-order valence-electron chi connectivity index (χ1n) is 7.11. The molecule has 0 saturated carbocycles. The van der Waals surface area contributed by atoms with Gasteiger partial charge in [0.25, 0.3) is 0 Å². The number of nitrogen functional groups attached to an aromatic ring is 1. The summed E-state index contributed by atoms with van der Waals surface area (Å²) >= 11 is 0. The average Bonchev–Trinajstić information content (AvgIpc) is 2.87. The van der Waals surface area contributed by atoms with Crippen molar-refractivity contribution in [3.8, 4) is 0 Å². The predicted octanol–water partition coefficient (Wildman–Crippen LogP) is 1.90. The van der Waals surface area contributed by atoms with Crippen LogP contribution in [0.2, 0.25) is 0 Å². The van der Waals surface area contributed by atoms with Gasteiger partial charge in [0.15, 0.2) is 0 Å². The Morgan fingerprint density at radius 1 is 1.10 bits per heavy atom. The highest BCUT2D eigenvalue weighted by atomic mass is 16.2. The first kappa shape index (κ1) is 13.6. The molecule has 4 nitrogen and oxygen atoms in total. The molecule has 0 unspecified atom stereocenters. The van der Waals surface area contributed by atoms with Gasteiger partial charge in [0.1, 0.15) is 0 Å². The van der Waals surface area contributed by atoms with E-state index in [4.69, 9.17) is 5.73 Å². The quantitative estimate of drug-likeness (QED) is 0.842. The number of carbonyl (C=O) groups is 1. The Bertz CT molecular complexity index is 640. The van der Waals surface area contributed by atoms with Crippen molar-refractivity contribution in [2.24, 2.45) is 0 Å². The van der Waals surface area contributed by atoms with Gasteiger partial charge in [-0.3, -0.25) is 9.69 Å². The van der Waals surface area contributed by atoms with Crippen molar-refractivity contribution in [1.29, 1.82) is 0 Å². The van der Waals surface area contributed by atoms with Gasteiger partial charge in [-0.2, -0.15) is 0 Å². The van der Waals surface area contributed by atoms with Crippen molar-refractivity contribution < 1.29 is 4.79 Å². The number of nitrogens with one attached hydrogen (secondary N) is 1. The number of fused-ring (bicyclic) bond motifs is 1. The van der Waals surface area contributed by atoms with Gasteiger partial charge in [0.2, 0.25) is 5.91 Å². The van der Waals surface area contributed by atoms with Crippen LogP contribution in [0.4, 0.5) is 5.69 Å².